The fourth-order valence-electron chi connectivity index (χ4n) is 2.12. The molecule has 1 heterocycles. The molecule has 0 radical (unpaired) electrons. The largest absolute Gasteiger partial charge is 0.300 e. The molecule has 0 bridgehead atoms. The minimum absolute atomic E-state index is 0.693. The van der Waals surface area contributed by atoms with Gasteiger partial charge in [0.05, 0.1) is 5.69 Å². The smallest absolute Gasteiger partial charge is 0.0547 e. The molecule has 0 aliphatic rings. The lowest BCUT2D eigenvalue weighted by atomic mass is 10.1. The fraction of sp³-hybridized carbons (Fsp3) is 0.643. The van der Waals surface area contributed by atoms with Gasteiger partial charge in [-0.25, -0.2) is 0 Å². The van der Waals surface area contributed by atoms with E-state index in [1.54, 1.807) is 0 Å². The second kappa shape index (κ2) is 7.72. The van der Waals surface area contributed by atoms with Gasteiger partial charge in [-0.3, -0.25) is 4.98 Å². The highest BCUT2D eigenvalue weighted by Gasteiger charge is 2.10. The molecule has 0 fully saturated rings. The molecule has 0 aliphatic heterocycles. The minimum atomic E-state index is 0.693. The predicted octanol–water partition coefficient (Wildman–Crippen LogP) is 3.17. The van der Waals surface area contributed by atoms with Crippen molar-refractivity contribution in [3.05, 3.63) is 29.6 Å². The first kappa shape index (κ1) is 14.5. The molecule has 1 aromatic heterocycles. The Labute approximate surface area is 111 Å². The summed E-state index contributed by atoms with van der Waals surface area (Å²) >= 11 is 4.42. The summed E-state index contributed by atoms with van der Waals surface area (Å²) in [6.45, 7) is 6.30. The quantitative estimate of drug-likeness (QED) is 0.750. The van der Waals surface area contributed by atoms with Crippen molar-refractivity contribution in [2.75, 3.05) is 19.3 Å². The van der Waals surface area contributed by atoms with E-state index in [-0.39, 0.29) is 0 Å². The molecule has 2 nitrogen and oxygen atoms in total. The van der Waals surface area contributed by atoms with Crippen molar-refractivity contribution < 1.29 is 0 Å². The number of nitrogens with zero attached hydrogens (tertiary/aromatic N) is 2. The number of rotatable bonds is 7. The van der Waals surface area contributed by atoms with E-state index in [4.69, 9.17) is 0 Å². The Morgan fingerprint density at radius 1 is 1.41 bits per heavy atom. The summed E-state index contributed by atoms with van der Waals surface area (Å²) in [5.74, 6) is 1.66. The third-order valence-electron chi connectivity index (χ3n) is 2.90. The standard InChI is InChI=1S/C14H24N2S/c1-4-6-13(11-17)9-16(3)10-14-8-5-7-12(2)15-14/h5,7-8,13,17H,4,6,9-11H2,1-3H3. The van der Waals surface area contributed by atoms with Crippen molar-refractivity contribution in [3.8, 4) is 0 Å². The molecule has 96 valence electrons. The van der Waals surface area contributed by atoms with Gasteiger partial charge in [-0.1, -0.05) is 19.4 Å². The van der Waals surface area contributed by atoms with E-state index in [1.807, 2.05) is 13.0 Å². The van der Waals surface area contributed by atoms with Crippen LogP contribution in [-0.2, 0) is 6.54 Å². The van der Waals surface area contributed by atoms with Crippen LogP contribution in [0.4, 0.5) is 0 Å². The zero-order valence-electron chi connectivity index (χ0n) is 11.2. The number of aromatic nitrogens is 1. The van der Waals surface area contributed by atoms with E-state index in [1.165, 1.54) is 12.8 Å². The lowest BCUT2D eigenvalue weighted by Gasteiger charge is -2.22. The summed E-state index contributed by atoms with van der Waals surface area (Å²) < 4.78 is 0. The fourth-order valence-corrected chi connectivity index (χ4v) is 2.42. The minimum Gasteiger partial charge on any atom is -0.300 e. The third kappa shape index (κ3) is 5.55. The average molecular weight is 252 g/mol. The van der Waals surface area contributed by atoms with Gasteiger partial charge in [0.2, 0.25) is 0 Å². The normalized spacial score (nSPS) is 13.0. The molecule has 0 amide bonds. The Kier molecular flexibility index (Phi) is 6.60. The number of aryl methyl sites for hydroxylation is 1. The second-order valence-corrected chi connectivity index (χ2v) is 5.17. The van der Waals surface area contributed by atoms with Crippen LogP contribution in [0.1, 0.15) is 31.2 Å². The maximum Gasteiger partial charge on any atom is 0.0547 e. The molecule has 1 atom stereocenters. The number of hydrogen-bond donors (Lipinski definition) is 1. The second-order valence-electron chi connectivity index (χ2n) is 4.80. The van der Waals surface area contributed by atoms with Gasteiger partial charge in [-0.05, 0) is 44.2 Å². The summed E-state index contributed by atoms with van der Waals surface area (Å²) in [7, 11) is 2.16. The van der Waals surface area contributed by atoms with Crippen LogP contribution in [0, 0.1) is 12.8 Å². The molecular weight excluding hydrogens is 228 g/mol. The Bertz CT molecular complexity index is 328. The Morgan fingerprint density at radius 3 is 2.76 bits per heavy atom. The molecule has 1 aromatic rings. The van der Waals surface area contributed by atoms with Gasteiger partial charge < -0.3 is 4.90 Å². The van der Waals surface area contributed by atoms with E-state index < -0.39 is 0 Å². The van der Waals surface area contributed by atoms with Crippen molar-refractivity contribution in [1.82, 2.24) is 9.88 Å². The monoisotopic (exact) mass is 252 g/mol. The molecule has 3 heteroatoms. The zero-order chi connectivity index (χ0) is 12.7. The number of hydrogen-bond acceptors (Lipinski definition) is 3. The van der Waals surface area contributed by atoms with Crippen LogP contribution in [-0.4, -0.2) is 29.2 Å². The molecule has 1 unspecified atom stereocenters. The molecule has 0 N–H and O–H groups in total. The van der Waals surface area contributed by atoms with E-state index in [9.17, 15) is 0 Å². The summed E-state index contributed by atoms with van der Waals surface area (Å²) in [4.78, 5) is 6.88. The first-order valence-electron chi connectivity index (χ1n) is 6.37. The zero-order valence-corrected chi connectivity index (χ0v) is 12.1. The van der Waals surface area contributed by atoms with Gasteiger partial charge in [-0.2, -0.15) is 12.6 Å². The first-order valence-corrected chi connectivity index (χ1v) is 7.00. The molecule has 17 heavy (non-hydrogen) atoms. The SMILES string of the molecule is CCCC(CS)CN(C)Cc1cccc(C)n1. The molecular formula is C14H24N2S. The van der Waals surface area contributed by atoms with Crippen molar-refractivity contribution >= 4 is 12.6 Å². The van der Waals surface area contributed by atoms with Crippen LogP contribution >= 0.6 is 12.6 Å². The highest BCUT2D eigenvalue weighted by molar-refractivity contribution is 7.80. The molecule has 0 aromatic carbocycles. The number of pyridine rings is 1. The lowest BCUT2D eigenvalue weighted by Crippen LogP contribution is -2.26. The van der Waals surface area contributed by atoms with Gasteiger partial charge >= 0.3 is 0 Å². The highest BCUT2D eigenvalue weighted by atomic mass is 32.1. The first-order chi connectivity index (χ1) is 8.15. The van der Waals surface area contributed by atoms with Gasteiger partial charge in [0.25, 0.3) is 0 Å². The Balaban J connectivity index is 2.45. The summed E-state index contributed by atoms with van der Waals surface area (Å²) in [5, 5.41) is 0. The van der Waals surface area contributed by atoms with Crippen LogP contribution in [0.25, 0.3) is 0 Å². The molecule has 0 saturated heterocycles. The maximum absolute atomic E-state index is 4.53. The summed E-state index contributed by atoms with van der Waals surface area (Å²) in [5.41, 5.74) is 2.25. The molecule has 0 spiro atoms. The molecule has 1 rings (SSSR count). The van der Waals surface area contributed by atoms with E-state index in [2.05, 4.69) is 48.6 Å². The predicted molar refractivity (Wildman–Crippen MR) is 77.6 cm³/mol. The van der Waals surface area contributed by atoms with Crippen LogP contribution < -0.4 is 0 Å². The van der Waals surface area contributed by atoms with Gasteiger partial charge in [0, 0.05) is 18.8 Å². The van der Waals surface area contributed by atoms with Crippen molar-refractivity contribution in [2.45, 2.75) is 33.2 Å². The third-order valence-corrected chi connectivity index (χ3v) is 3.42. The number of thiol groups is 1. The Hall–Kier alpha value is -0.540. The van der Waals surface area contributed by atoms with Crippen molar-refractivity contribution in [2.24, 2.45) is 5.92 Å². The highest BCUT2D eigenvalue weighted by Crippen LogP contribution is 2.11. The van der Waals surface area contributed by atoms with Crippen LogP contribution in [0.15, 0.2) is 18.2 Å². The van der Waals surface area contributed by atoms with Crippen molar-refractivity contribution in [3.63, 3.8) is 0 Å². The lowest BCUT2D eigenvalue weighted by molar-refractivity contribution is 0.270. The van der Waals surface area contributed by atoms with Crippen LogP contribution in [0.2, 0.25) is 0 Å². The van der Waals surface area contributed by atoms with E-state index in [0.29, 0.717) is 5.92 Å². The summed E-state index contributed by atoms with van der Waals surface area (Å²) in [6.07, 6.45) is 2.50. The van der Waals surface area contributed by atoms with Gasteiger partial charge in [-0.15, -0.1) is 0 Å². The van der Waals surface area contributed by atoms with E-state index in [0.717, 1.165) is 30.2 Å². The topological polar surface area (TPSA) is 16.1 Å². The molecule has 0 saturated carbocycles. The maximum atomic E-state index is 4.53. The molecule has 0 aliphatic carbocycles. The van der Waals surface area contributed by atoms with Crippen LogP contribution in [0.3, 0.4) is 0 Å². The van der Waals surface area contributed by atoms with Crippen molar-refractivity contribution in [1.29, 1.82) is 0 Å². The van der Waals surface area contributed by atoms with Crippen LogP contribution in [0.5, 0.6) is 0 Å². The average Bonchev–Trinajstić information content (AvgIpc) is 2.28. The summed E-state index contributed by atoms with van der Waals surface area (Å²) in [6, 6.07) is 6.21. The Morgan fingerprint density at radius 2 is 2.18 bits per heavy atom. The van der Waals surface area contributed by atoms with Gasteiger partial charge in [0.15, 0.2) is 0 Å². The van der Waals surface area contributed by atoms with Gasteiger partial charge in [0.1, 0.15) is 0 Å². The van der Waals surface area contributed by atoms with E-state index >= 15 is 0 Å².